The smallest absolute Gasteiger partial charge is 0.269 e. The lowest BCUT2D eigenvalue weighted by molar-refractivity contribution is -0.384. The van der Waals surface area contributed by atoms with E-state index in [4.69, 9.17) is 4.74 Å². The van der Waals surface area contributed by atoms with Crippen molar-refractivity contribution in [2.45, 2.75) is 6.92 Å². The molecule has 0 saturated carbocycles. The van der Waals surface area contributed by atoms with Crippen LogP contribution in [0.5, 0.6) is 11.5 Å². The van der Waals surface area contributed by atoms with E-state index in [2.05, 4.69) is 0 Å². The minimum absolute atomic E-state index is 0.0199. The fourth-order valence-electron chi connectivity index (χ4n) is 1.64. The Morgan fingerprint density at radius 3 is 2.63 bits per heavy atom. The maximum atomic E-state index is 10.7. The molecule has 0 bridgehead atoms. The number of aldehydes is 1. The number of benzene rings is 2. The van der Waals surface area contributed by atoms with Crippen LogP contribution in [-0.4, -0.2) is 11.2 Å². The number of carbonyl (C=O) groups excluding carboxylic acids is 1. The van der Waals surface area contributed by atoms with E-state index in [0.717, 1.165) is 6.29 Å². The minimum atomic E-state index is -0.455. The lowest BCUT2D eigenvalue weighted by Crippen LogP contribution is -1.92. The molecule has 0 aliphatic rings. The molecule has 0 atom stereocenters. The van der Waals surface area contributed by atoms with Crippen LogP contribution >= 0.6 is 0 Å². The van der Waals surface area contributed by atoms with Gasteiger partial charge in [-0.25, -0.2) is 0 Å². The van der Waals surface area contributed by atoms with Crippen molar-refractivity contribution in [3.63, 3.8) is 0 Å². The first-order chi connectivity index (χ1) is 9.10. The van der Waals surface area contributed by atoms with Crippen molar-refractivity contribution in [3.8, 4) is 11.5 Å². The van der Waals surface area contributed by atoms with Gasteiger partial charge in [0.15, 0.2) is 0 Å². The molecular formula is C14H11NO4. The summed E-state index contributed by atoms with van der Waals surface area (Å²) >= 11 is 0. The standard InChI is InChI=1S/C14H11NO4/c1-10-7-12(15(17)18)5-6-14(10)19-13-4-2-3-11(8-13)9-16/h2-9H,1H3. The largest absolute Gasteiger partial charge is 0.457 e. The second-order valence-electron chi connectivity index (χ2n) is 4.00. The van der Waals surface area contributed by atoms with Crippen LogP contribution in [0, 0.1) is 17.0 Å². The Balaban J connectivity index is 2.28. The summed E-state index contributed by atoms with van der Waals surface area (Å²) in [6, 6.07) is 11.1. The third kappa shape index (κ3) is 2.95. The van der Waals surface area contributed by atoms with Gasteiger partial charge >= 0.3 is 0 Å². The molecular weight excluding hydrogens is 246 g/mol. The van der Waals surface area contributed by atoms with Crippen LogP contribution in [0.1, 0.15) is 15.9 Å². The fourth-order valence-corrected chi connectivity index (χ4v) is 1.64. The van der Waals surface area contributed by atoms with Gasteiger partial charge in [-0.2, -0.15) is 0 Å². The van der Waals surface area contributed by atoms with E-state index in [1.807, 2.05) is 0 Å². The van der Waals surface area contributed by atoms with Crippen molar-refractivity contribution < 1.29 is 14.5 Å². The average molecular weight is 257 g/mol. The molecule has 96 valence electrons. The number of aryl methyl sites for hydroxylation is 1. The van der Waals surface area contributed by atoms with Gasteiger partial charge in [-0.05, 0) is 30.7 Å². The molecule has 2 rings (SSSR count). The summed E-state index contributed by atoms with van der Waals surface area (Å²) in [4.78, 5) is 20.8. The average Bonchev–Trinajstić information content (AvgIpc) is 2.41. The van der Waals surface area contributed by atoms with E-state index in [1.54, 1.807) is 37.3 Å². The van der Waals surface area contributed by atoms with E-state index in [1.165, 1.54) is 12.1 Å². The van der Waals surface area contributed by atoms with Gasteiger partial charge in [-0.15, -0.1) is 0 Å². The van der Waals surface area contributed by atoms with Gasteiger partial charge in [0.1, 0.15) is 17.8 Å². The van der Waals surface area contributed by atoms with Crippen molar-refractivity contribution >= 4 is 12.0 Å². The minimum Gasteiger partial charge on any atom is -0.457 e. The number of ether oxygens (including phenoxy) is 1. The highest BCUT2D eigenvalue weighted by molar-refractivity contribution is 5.75. The summed E-state index contributed by atoms with van der Waals surface area (Å²) in [5.41, 5.74) is 1.19. The molecule has 2 aromatic carbocycles. The molecule has 0 N–H and O–H groups in total. The lowest BCUT2D eigenvalue weighted by atomic mass is 10.2. The zero-order valence-electron chi connectivity index (χ0n) is 10.2. The first-order valence-corrected chi connectivity index (χ1v) is 5.58. The molecule has 0 amide bonds. The van der Waals surface area contributed by atoms with E-state index >= 15 is 0 Å². The second kappa shape index (κ2) is 5.30. The van der Waals surface area contributed by atoms with E-state index < -0.39 is 4.92 Å². The maximum Gasteiger partial charge on any atom is 0.269 e. The zero-order chi connectivity index (χ0) is 13.8. The Labute approximate surface area is 109 Å². The summed E-state index contributed by atoms with van der Waals surface area (Å²) in [5, 5.41) is 10.6. The Morgan fingerprint density at radius 1 is 1.21 bits per heavy atom. The summed E-state index contributed by atoms with van der Waals surface area (Å²) in [5.74, 6) is 1.04. The Bertz CT molecular complexity index is 637. The molecule has 0 aliphatic carbocycles. The molecule has 0 radical (unpaired) electrons. The van der Waals surface area contributed by atoms with Crippen LogP contribution in [0.2, 0.25) is 0 Å². The first kappa shape index (κ1) is 12.8. The van der Waals surface area contributed by atoms with Crippen LogP contribution in [0.4, 0.5) is 5.69 Å². The molecule has 2 aromatic rings. The van der Waals surface area contributed by atoms with E-state index in [-0.39, 0.29) is 5.69 Å². The Kier molecular flexibility index (Phi) is 3.56. The van der Waals surface area contributed by atoms with Crippen molar-refractivity contribution in [2.24, 2.45) is 0 Å². The summed E-state index contributed by atoms with van der Waals surface area (Å²) in [7, 11) is 0. The van der Waals surface area contributed by atoms with Crippen LogP contribution < -0.4 is 4.74 Å². The van der Waals surface area contributed by atoms with Gasteiger partial charge in [-0.3, -0.25) is 14.9 Å². The predicted molar refractivity (Wildman–Crippen MR) is 69.7 cm³/mol. The van der Waals surface area contributed by atoms with Crippen molar-refractivity contribution in [2.75, 3.05) is 0 Å². The van der Waals surface area contributed by atoms with Crippen LogP contribution in [-0.2, 0) is 0 Å². The maximum absolute atomic E-state index is 10.7. The van der Waals surface area contributed by atoms with Crippen molar-refractivity contribution in [3.05, 3.63) is 63.7 Å². The molecule has 5 heteroatoms. The number of hydrogen-bond donors (Lipinski definition) is 0. The van der Waals surface area contributed by atoms with Gasteiger partial charge in [-0.1, -0.05) is 12.1 Å². The van der Waals surface area contributed by atoms with E-state index in [9.17, 15) is 14.9 Å². The summed E-state index contributed by atoms with van der Waals surface area (Å²) in [6.45, 7) is 1.73. The highest BCUT2D eigenvalue weighted by Crippen LogP contribution is 2.28. The van der Waals surface area contributed by atoms with Crippen LogP contribution in [0.3, 0.4) is 0 Å². The molecule has 0 aromatic heterocycles. The molecule has 0 unspecified atom stereocenters. The number of non-ortho nitro benzene ring substituents is 1. The summed E-state index contributed by atoms with van der Waals surface area (Å²) in [6.07, 6.45) is 0.732. The molecule has 0 fully saturated rings. The molecule has 0 spiro atoms. The Hall–Kier alpha value is -2.69. The predicted octanol–water partition coefficient (Wildman–Crippen LogP) is 3.51. The second-order valence-corrected chi connectivity index (χ2v) is 4.00. The zero-order valence-corrected chi connectivity index (χ0v) is 10.2. The number of rotatable bonds is 4. The topological polar surface area (TPSA) is 69.4 Å². The first-order valence-electron chi connectivity index (χ1n) is 5.58. The van der Waals surface area contributed by atoms with Gasteiger partial charge < -0.3 is 4.74 Å². The number of hydrogen-bond acceptors (Lipinski definition) is 4. The molecule has 19 heavy (non-hydrogen) atoms. The highest BCUT2D eigenvalue weighted by Gasteiger charge is 2.09. The highest BCUT2D eigenvalue weighted by atomic mass is 16.6. The fraction of sp³-hybridized carbons (Fsp3) is 0.0714. The molecule has 0 saturated heterocycles. The van der Waals surface area contributed by atoms with Crippen LogP contribution in [0.15, 0.2) is 42.5 Å². The van der Waals surface area contributed by atoms with Gasteiger partial charge in [0.25, 0.3) is 5.69 Å². The number of nitro benzene ring substituents is 1. The molecule has 0 heterocycles. The van der Waals surface area contributed by atoms with Crippen LogP contribution in [0.25, 0.3) is 0 Å². The number of nitrogens with zero attached hydrogens (tertiary/aromatic N) is 1. The number of nitro groups is 1. The monoisotopic (exact) mass is 257 g/mol. The lowest BCUT2D eigenvalue weighted by Gasteiger charge is -2.08. The Morgan fingerprint density at radius 2 is 2.00 bits per heavy atom. The number of carbonyl (C=O) groups is 1. The normalized spacial score (nSPS) is 9.95. The van der Waals surface area contributed by atoms with E-state index in [0.29, 0.717) is 22.6 Å². The van der Waals surface area contributed by atoms with Gasteiger partial charge in [0, 0.05) is 17.7 Å². The third-order valence-corrected chi connectivity index (χ3v) is 2.59. The molecule has 5 nitrogen and oxygen atoms in total. The van der Waals surface area contributed by atoms with Gasteiger partial charge in [0.05, 0.1) is 4.92 Å². The van der Waals surface area contributed by atoms with Crippen molar-refractivity contribution in [1.29, 1.82) is 0 Å². The van der Waals surface area contributed by atoms with Crippen molar-refractivity contribution in [1.82, 2.24) is 0 Å². The van der Waals surface area contributed by atoms with Gasteiger partial charge in [0.2, 0.25) is 0 Å². The third-order valence-electron chi connectivity index (χ3n) is 2.59. The molecule has 0 aliphatic heterocycles. The SMILES string of the molecule is Cc1cc([N+](=O)[O-])ccc1Oc1cccc(C=O)c1. The summed E-state index contributed by atoms with van der Waals surface area (Å²) < 4.78 is 5.60. The quantitative estimate of drug-likeness (QED) is 0.477.